The molecule has 1 aliphatic rings. The predicted octanol–water partition coefficient (Wildman–Crippen LogP) is 2.37. The first kappa shape index (κ1) is 18.9. The molecule has 0 saturated carbocycles. The first-order valence-electron chi connectivity index (χ1n) is 9.34. The van der Waals surface area contributed by atoms with E-state index in [1.165, 1.54) is 11.9 Å². The van der Waals surface area contributed by atoms with Gasteiger partial charge in [-0.1, -0.05) is 60.7 Å². The van der Waals surface area contributed by atoms with Crippen LogP contribution in [0.25, 0.3) is 0 Å². The van der Waals surface area contributed by atoms with Crippen LogP contribution in [-0.2, 0) is 23.6 Å². The van der Waals surface area contributed by atoms with Crippen LogP contribution in [0.3, 0.4) is 0 Å². The van der Waals surface area contributed by atoms with Crippen molar-refractivity contribution in [3.05, 3.63) is 84.3 Å². The third kappa shape index (κ3) is 3.87. The smallest absolute Gasteiger partial charge is 0.262 e. The summed E-state index contributed by atoms with van der Waals surface area (Å²) >= 11 is 0. The van der Waals surface area contributed by atoms with Crippen LogP contribution in [0.2, 0.25) is 0 Å². The van der Waals surface area contributed by atoms with Gasteiger partial charge < -0.3 is 9.88 Å². The summed E-state index contributed by atoms with van der Waals surface area (Å²) in [6.45, 7) is 1.56. The van der Waals surface area contributed by atoms with Gasteiger partial charge in [-0.2, -0.15) is 4.31 Å². The number of rotatable bonds is 6. The average Bonchev–Trinajstić information content (AvgIpc) is 3.35. The van der Waals surface area contributed by atoms with Gasteiger partial charge in [-0.15, -0.1) is 0 Å². The lowest BCUT2D eigenvalue weighted by Crippen LogP contribution is -2.36. The van der Waals surface area contributed by atoms with E-state index < -0.39 is 10.0 Å². The van der Waals surface area contributed by atoms with Gasteiger partial charge >= 0.3 is 0 Å². The lowest BCUT2D eigenvalue weighted by molar-refractivity contribution is 0.454. The predicted molar refractivity (Wildman–Crippen MR) is 108 cm³/mol. The first-order valence-corrected chi connectivity index (χ1v) is 10.8. The highest BCUT2D eigenvalue weighted by Crippen LogP contribution is 2.31. The molecule has 7 heteroatoms. The lowest BCUT2D eigenvalue weighted by atomic mass is 9.94. The molecule has 0 bridgehead atoms. The molecule has 146 valence electrons. The normalized spacial score (nSPS) is 20.5. The molecule has 0 aliphatic carbocycles. The van der Waals surface area contributed by atoms with E-state index in [9.17, 15) is 8.42 Å². The molecule has 1 N–H and O–H groups in total. The molecule has 0 radical (unpaired) electrons. The van der Waals surface area contributed by atoms with Gasteiger partial charge in [0.2, 0.25) is 0 Å². The van der Waals surface area contributed by atoms with E-state index in [1.54, 1.807) is 22.1 Å². The Kier molecular flexibility index (Phi) is 5.30. The molecule has 1 aromatic heterocycles. The van der Waals surface area contributed by atoms with E-state index in [0.717, 1.165) is 5.56 Å². The number of benzene rings is 2. The van der Waals surface area contributed by atoms with Gasteiger partial charge in [0.1, 0.15) is 0 Å². The van der Waals surface area contributed by atoms with E-state index >= 15 is 0 Å². The molecule has 0 spiro atoms. The Morgan fingerprint density at radius 2 is 1.71 bits per heavy atom. The highest BCUT2D eigenvalue weighted by atomic mass is 32.2. The zero-order valence-electron chi connectivity index (χ0n) is 15.8. The Bertz CT molecular complexity index is 1020. The molecule has 4 rings (SSSR count). The summed E-state index contributed by atoms with van der Waals surface area (Å²) in [5.41, 5.74) is 2.33. The fourth-order valence-electron chi connectivity index (χ4n) is 3.71. The Morgan fingerprint density at radius 3 is 2.36 bits per heavy atom. The van der Waals surface area contributed by atoms with E-state index in [1.807, 2.05) is 36.4 Å². The van der Waals surface area contributed by atoms with Crippen LogP contribution in [0.1, 0.15) is 17.0 Å². The Labute approximate surface area is 165 Å². The summed E-state index contributed by atoms with van der Waals surface area (Å²) < 4.78 is 29.3. The molecule has 1 aliphatic heterocycles. The van der Waals surface area contributed by atoms with E-state index in [-0.39, 0.29) is 17.0 Å². The maximum atomic E-state index is 13.1. The molecule has 1 saturated heterocycles. The summed E-state index contributed by atoms with van der Waals surface area (Å²) in [7, 11) is -1.84. The number of aromatic nitrogens is 2. The maximum Gasteiger partial charge on any atom is 0.262 e. The zero-order chi connectivity index (χ0) is 19.6. The van der Waals surface area contributed by atoms with Crippen LogP contribution in [0.4, 0.5) is 0 Å². The number of hydrogen-bond acceptors (Lipinski definition) is 4. The van der Waals surface area contributed by atoms with Crippen LogP contribution in [-0.4, -0.2) is 41.4 Å². The Balaban J connectivity index is 1.58. The average molecular weight is 397 g/mol. The van der Waals surface area contributed by atoms with Crippen molar-refractivity contribution >= 4 is 10.0 Å². The molecule has 2 aromatic carbocycles. The number of nitrogens with zero attached hydrogens (tertiary/aromatic N) is 3. The summed E-state index contributed by atoms with van der Waals surface area (Å²) in [6, 6.07) is 20.3. The second-order valence-corrected chi connectivity index (χ2v) is 9.07. The van der Waals surface area contributed by atoms with Crippen LogP contribution in [0.5, 0.6) is 0 Å². The molecule has 2 atom stereocenters. The van der Waals surface area contributed by atoms with E-state index in [0.29, 0.717) is 19.6 Å². The number of nitrogens with one attached hydrogen (secondary N) is 1. The molecule has 2 heterocycles. The zero-order valence-corrected chi connectivity index (χ0v) is 16.6. The SMILES string of the molecule is Cn1cnc(S(=O)(=O)N2CC(NCc3ccccc3)C(c3ccccc3)C2)c1. The van der Waals surface area contributed by atoms with Crippen molar-refractivity contribution in [1.29, 1.82) is 0 Å². The topological polar surface area (TPSA) is 67.2 Å². The summed E-state index contributed by atoms with van der Waals surface area (Å²) in [6.07, 6.45) is 3.07. The van der Waals surface area contributed by atoms with Crippen molar-refractivity contribution in [2.75, 3.05) is 13.1 Å². The minimum absolute atomic E-state index is 0.0288. The van der Waals surface area contributed by atoms with Gasteiger partial charge in [0.05, 0.1) is 6.33 Å². The summed E-state index contributed by atoms with van der Waals surface area (Å²) in [4.78, 5) is 4.06. The highest BCUT2D eigenvalue weighted by Gasteiger charge is 2.40. The van der Waals surface area contributed by atoms with Crippen LogP contribution in [0.15, 0.2) is 78.2 Å². The van der Waals surface area contributed by atoms with E-state index in [4.69, 9.17) is 0 Å². The first-order chi connectivity index (χ1) is 13.5. The molecule has 28 heavy (non-hydrogen) atoms. The van der Waals surface area contributed by atoms with Crippen molar-refractivity contribution in [1.82, 2.24) is 19.2 Å². The minimum Gasteiger partial charge on any atom is -0.339 e. The van der Waals surface area contributed by atoms with Crippen molar-refractivity contribution < 1.29 is 8.42 Å². The fourth-order valence-corrected chi connectivity index (χ4v) is 5.17. The lowest BCUT2D eigenvalue weighted by Gasteiger charge is -2.20. The van der Waals surface area contributed by atoms with Crippen molar-refractivity contribution in [2.24, 2.45) is 7.05 Å². The highest BCUT2D eigenvalue weighted by molar-refractivity contribution is 7.89. The van der Waals surface area contributed by atoms with Gasteiger partial charge in [0, 0.05) is 44.8 Å². The van der Waals surface area contributed by atoms with Crippen LogP contribution >= 0.6 is 0 Å². The molecule has 0 amide bonds. The monoisotopic (exact) mass is 396 g/mol. The third-order valence-electron chi connectivity index (χ3n) is 5.21. The maximum absolute atomic E-state index is 13.1. The van der Waals surface area contributed by atoms with Gasteiger partial charge in [-0.05, 0) is 11.1 Å². The largest absolute Gasteiger partial charge is 0.339 e. The van der Waals surface area contributed by atoms with Crippen molar-refractivity contribution in [3.63, 3.8) is 0 Å². The molecular weight excluding hydrogens is 372 g/mol. The molecule has 6 nitrogen and oxygen atoms in total. The quantitative estimate of drug-likeness (QED) is 0.695. The number of imidazole rings is 1. The van der Waals surface area contributed by atoms with Crippen LogP contribution in [0, 0.1) is 0 Å². The van der Waals surface area contributed by atoms with E-state index in [2.05, 4.69) is 34.6 Å². The van der Waals surface area contributed by atoms with Crippen LogP contribution < -0.4 is 5.32 Å². The summed E-state index contributed by atoms with van der Waals surface area (Å²) in [5.74, 6) is 0.0865. The minimum atomic E-state index is -3.61. The Morgan fingerprint density at radius 1 is 1.04 bits per heavy atom. The standard InChI is InChI=1S/C21H24N4O2S/c1-24-15-21(23-16-24)28(26,27)25-13-19(18-10-6-3-7-11-18)20(14-25)22-12-17-8-4-2-5-9-17/h2-11,15-16,19-20,22H,12-14H2,1H3. The van der Waals surface area contributed by atoms with Gasteiger partial charge in [0.15, 0.2) is 5.03 Å². The second-order valence-electron chi connectivity index (χ2n) is 7.19. The molecular formula is C21H24N4O2S. The number of sulfonamides is 1. The molecule has 1 fully saturated rings. The summed E-state index contributed by atoms with van der Waals surface area (Å²) in [5, 5.41) is 3.68. The van der Waals surface area contributed by atoms with Crippen molar-refractivity contribution in [2.45, 2.75) is 23.5 Å². The molecule has 2 unspecified atom stereocenters. The van der Waals surface area contributed by atoms with Gasteiger partial charge in [-0.3, -0.25) is 0 Å². The van der Waals surface area contributed by atoms with Gasteiger partial charge in [0.25, 0.3) is 10.0 Å². The second kappa shape index (κ2) is 7.87. The van der Waals surface area contributed by atoms with Gasteiger partial charge in [-0.25, -0.2) is 13.4 Å². The number of aryl methyl sites for hydroxylation is 1. The third-order valence-corrected chi connectivity index (χ3v) is 6.93. The fraction of sp³-hybridized carbons (Fsp3) is 0.286. The Hall–Kier alpha value is -2.48. The molecule has 3 aromatic rings. The van der Waals surface area contributed by atoms with Crippen molar-refractivity contribution in [3.8, 4) is 0 Å². The number of hydrogen-bond donors (Lipinski definition) is 1.